The Kier molecular flexibility index (Phi) is 14.6. The molecule has 0 fully saturated rings. The van der Waals surface area contributed by atoms with Gasteiger partial charge in [0.05, 0.1) is 38.2 Å². The standard InChI is InChI=1S/C44H48BrFN4O9S2/c1-48-37-14-10-9-13-31(37)44(50(55)24-12-6-4-8-16-42(53)54)32-21-19-30(26-39(32)60(48,56)57)18-17-29-20-22-38-33(25-29)43(47-23-11-5-3-7-15-41(51)52)34-27-36(46)35(45)28-40(34)61(58,59)49(38)2/h9-10,13-14,19-22,25-28,43-44,47,50H,3-8,11-12,15-16,23-24H2,1-2H3,(H,51,52)(H,53,54). The molecule has 4 N–H and O–H groups in total. The first-order valence-electron chi connectivity index (χ1n) is 20.1. The number of unbranched alkanes of at least 4 members (excludes halogenated alkanes) is 6. The van der Waals surface area contributed by atoms with Crippen LogP contribution < -0.4 is 19.0 Å². The van der Waals surface area contributed by atoms with E-state index in [0.717, 1.165) is 10.7 Å². The second kappa shape index (κ2) is 19.5. The molecule has 0 saturated heterocycles. The Morgan fingerprint density at radius 2 is 1.28 bits per heavy atom. The number of hydroxylamine groups is 2. The van der Waals surface area contributed by atoms with Crippen LogP contribution >= 0.6 is 15.9 Å². The van der Waals surface area contributed by atoms with E-state index in [4.69, 9.17) is 10.2 Å². The summed E-state index contributed by atoms with van der Waals surface area (Å²) in [5, 5.41) is 35.2. The van der Waals surface area contributed by atoms with Crippen molar-refractivity contribution in [2.45, 2.75) is 86.1 Å². The molecule has 0 aliphatic carbocycles. The van der Waals surface area contributed by atoms with Crippen molar-refractivity contribution in [2.75, 3.05) is 35.8 Å². The summed E-state index contributed by atoms with van der Waals surface area (Å²) in [6, 6.07) is 17.5. The molecule has 0 spiro atoms. The van der Waals surface area contributed by atoms with Gasteiger partial charge in [0.15, 0.2) is 0 Å². The van der Waals surface area contributed by atoms with Gasteiger partial charge in [-0.15, -0.1) is 0 Å². The molecular formula is C44H48BrFN4O9S2. The maximum Gasteiger partial charge on any atom is 0.303 e. The fourth-order valence-corrected chi connectivity index (χ4v) is 11.3. The lowest BCUT2D eigenvalue weighted by atomic mass is 9.94. The molecule has 4 aromatic carbocycles. The molecule has 324 valence electrons. The number of carbonyl (C=O) groups is 2. The monoisotopic (exact) mass is 938 g/mol. The molecule has 2 heterocycles. The molecule has 2 aliphatic heterocycles. The predicted octanol–water partition coefficient (Wildman–Crippen LogP) is 6.49. The lowest BCUT2D eigenvalue weighted by Gasteiger charge is -2.32. The van der Waals surface area contributed by atoms with Gasteiger partial charge >= 0.3 is 11.9 Å². The van der Waals surface area contributed by atoms with Crippen LogP contribution in [0.4, 0.5) is 15.8 Å². The van der Waals surface area contributed by atoms with Crippen LogP contribution in [-0.4, -0.2) is 66.2 Å². The summed E-state index contributed by atoms with van der Waals surface area (Å²) in [5.74, 6) is 3.82. The van der Waals surface area contributed by atoms with Crippen LogP contribution in [0.15, 0.2) is 87.1 Å². The van der Waals surface area contributed by atoms with Gasteiger partial charge in [0.1, 0.15) is 11.9 Å². The van der Waals surface area contributed by atoms with Crippen molar-refractivity contribution in [1.29, 1.82) is 0 Å². The Hall–Kier alpha value is -4.83. The molecule has 2 aliphatic rings. The van der Waals surface area contributed by atoms with Gasteiger partial charge in [0.2, 0.25) is 0 Å². The minimum Gasteiger partial charge on any atom is -0.634 e. The number of hydrogen-bond donors (Lipinski definition) is 4. The molecule has 3 unspecified atom stereocenters. The summed E-state index contributed by atoms with van der Waals surface area (Å²) in [4.78, 5) is 21.7. The number of rotatable bonds is 16. The van der Waals surface area contributed by atoms with Crippen LogP contribution in [0.1, 0.15) is 110 Å². The normalized spacial score (nSPS) is 17.7. The highest BCUT2D eigenvalue weighted by Gasteiger charge is 2.39. The van der Waals surface area contributed by atoms with E-state index in [1.807, 2.05) is 0 Å². The Balaban J connectivity index is 1.34. The third-order valence-corrected chi connectivity index (χ3v) is 15.4. The number of sulfonamides is 2. The van der Waals surface area contributed by atoms with Gasteiger partial charge in [-0.1, -0.05) is 55.4 Å². The van der Waals surface area contributed by atoms with Crippen molar-refractivity contribution >= 4 is 59.3 Å². The number of aliphatic carboxylic acids is 2. The second-order valence-corrected chi connectivity index (χ2v) is 20.0. The van der Waals surface area contributed by atoms with Crippen molar-refractivity contribution < 1.29 is 46.1 Å². The smallest absolute Gasteiger partial charge is 0.303 e. The summed E-state index contributed by atoms with van der Waals surface area (Å²) < 4.78 is 73.8. The number of benzene rings is 4. The minimum absolute atomic E-state index is 0.00332. The highest BCUT2D eigenvalue weighted by molar-refractivity contribution is 9.10. The molecule has 13 nitrogen and oxygen atoms in total. The number of para-hydroxylation sites is 1. The molecule has 0 saturated carbocycles. The lowest BCUT2D eigenvalue weighted by Crippen LogP contribution is -3.07. The van der Waals surface area contributed by atoms with E-state index < -0.39 is 49.9 Å². The highest BCUT2D eigenvalue weighted by atomic mass is 79.9. The first-order chi connectivity index (χ1) is 29.0. The summed E-state index contributed by atoms with van der Waals surface area (Å²) in [6.45, 7) is 0.606. The zero-order valence-electron chi connectivity index (χ0n) is 33.8. The zero-order chi connectivity index (χ0) is 44.1. The van der Waals surface area contributed by atoms with E-state index in [0.29, 0.717) is 90.7 Å². The summed E-state index contributed by atoms with van der Waals surface area (Å²) in [5.41, 5.74) is 3.21. The maximum atomic E-state index is 15.2. The number of hydrogen-bond acceptors (Lipinski definition) is 8. The fourth-order valence-electron chi connectivity index (χ4n) is 7.91. The molecule has 6 rings (SSSR count). The van der Waals surface area contributed by atoms with Crippen LogP contribution in [0.25, 0.3) is 0 Å². The van der Waals surface area contributed by atoms with Gasteiger partial charge in [-0.3, -0.25) is 18.2 Å². The number of carboxylic acid groups (broad SMARTS) is 2. The number of halogens is 2. The lowest BCUT2D eigenvalue weighted by molar-refractivity contribution is -0.875. The van der Waals surface area contributed by atoms with Gasteiger partial charge < -0.3 is 25.8 Å². The van der Waals surface area contributed by atoms with E-state index in [1.54, 1.807) is 54.6 Å². The molecule has 0 aromatic heterocycles. The number of nitrogens with zero attached hydrogens (tertiary/aromatic N) is 2. The van der Waals surface area contributed by atoms with Gasteiger partial charge in [0.25, 0.3) is 20.0 Å². The molecule has 0 amide bonds. The Morgan fingerprint density at radius 1 is 0.721 bits per heavy atom. The second-order valence-electron chi connectivity index (χ2n) is 15.2. The first kappa shape index (κ1) is 45.7. The molecule has 0 bridgehead atoms. The quantitative estimate of drug-likeness (QED) is 0.0550. The number of quaternary nitrogens is 1. The summed E-state index contributed by atoms with van der Waals surface area (Å²) in [6.07, 6.45) is 5.13. The van der Waals surface area contributed by atoms with Crippen LogP contribution in [0.2, 0.25) is 0 Å². The fraction of sp³-hybridized carbons (Fsp3) is 0.364. The van der Waals surface area contributed by atoms with E-state index in [9.17, 15) is 31.6 Å². The third kappa shape index (κ3) is 10.1. The Labute approximate surface area is 364 Å². The van der Waals surface area contributed by atoms with Crippen molar-refractivity contribution in [3.63, 3.8) is 0 Å². The van der Waals surface area contributed by atoms with Crippen molar-refractivity contribution in [2.24, 2.45) is 0 Å². The van der Waals surface area contributed by atoms with Crippen LogP contribution in [0.5, 0.6) is 0 Å². The summed E-state index contributed by atoms with van der Waals surface area (Å²) >= 11 is 3.14. The minimum atomic E-state index is -4.15. The van der Waals surface area contributed by atoms with E-state index in [1.165, 1.54) is 36.6 Å². The van der Waals surface area contributed by atoms with E-state index in [-0.39, 0.29) is 44.3 Å². The molecule has 0 radical (unpaired) electrons. The first-order valence-corrected chi connectivity index (χ1v) is 23.7. The average Bonchev–Trinajstić information content (AvgIpc) is 3.33. The Morgan fingerprint density at radius 3 is 1.93 bits per heavy atom. The number of nitrogens with one attached hydrogen (secondary N) is 2. The van der Waals surface area contributed by atoms with E-state index >= 15 is 4.39 Å². The van der Waals surface area contributed by atoms with Gasteiger partial charge in [-0.2, -0.15) is 0 Å². The van der Waals surface area contributed by atoms with Crippen molar-refractivity contribution in [3.8, 4) is 11.8 Å². The van der Waals surface area contributed by atoms with Gasteiger partial charge in [-0.05, 0) is 114 Å². The van der Waals surface area contributed by atoms with Crippen LogP contribution in [0.3, 0.4) is 0 Å². The van der Waals surface area contributed by atoms with Crippen molar-refractivity contribution in [3.05, 3.63) is 122 Å². The molecule has 17 heteroatoms. The maximum absolute atomic E-state index is 15.2. The van der Waals surface area contributed by atoms with Crippen LogP contribution in [-0.2, 0) is 29.6 Å². The molecular weight excluding hydrogens is 892 g/mol. The zero-order valence-corrected chi connectivity index (χ0v) is 37.0. The average molecular weight is 940 g/mol. The van der Waals surface area contributed by atoms with Crippen LogP contribution in [0, 0.1) is 22.9 Å². The third-order valence-electron chi connectivity index (χ3n) is 11.1. The van der Waals surface area contributed by atoms with Gasteiger partial charge in [-0.25, -0.2) is 21.2 Å². The number of anilines is 2. The predicted molar refractivity (Wildman–Crippen MR) is 233 cm³/mol. The van der Waals surface area contributed by atoms with E-state index in [2.05, 4.69) is 33.1 Å². The Bertz CT molecular complexity index is 2600. The number of fused-ring (bicyclic) bond motifs is 4. The highest BCUT2D eigenvalue weighted by Crippen LogP contribution is 2.43. The largest absolute Gasteiger partial charge is 0.634 e. The SMILES string of the molecule is CN1c2ccc(C#Cc3ccc4c(c3)S(=O)(=O)N(C)c3ccccc3C4[NH+]([O-])CCCCCCC(=O)O)cc2C(NCCCCCCC(=O)O)c2cc(F)c(Br)cc2S1(=O)=O. The summed E-state index contributed by atoms with van der Waals surface area (Å²) in [7, 11) is -5.41. The topological polar surface area (TPSA) is 189 Å². The van der Waals surface area contributed by atoms with Gasteiger partial charge in [0, 0.05) is 49.2 Å². The number of carboxylic acids is 2. The van der Waals surface area contributed by atoms with Crippen molar-refractivity contribution in [1.82, 2.24) is 5.32 Å². The molecule has 3 atom stereocenters. The molecule has 4 aromatic rings. The molecule has 61 heavy (non-hydrogen) atoms.